The van der Waals surface area contributed by atoms with E-state index in [-0.39, 0.29) is 23.8 Å². The van der Waals surface area contributed by atoms with Crippen LogP contribution in [0.1, 0.15) is 63.0 Å². The molecule has 2 amide bonds. The van der Waals surface area contributed by atoms with Crippen LogP contribution < -0.4 is 10.6 Å². The van der Waals surface area contributed by atoms with Crippen LogP contribution in [0.5, 0.6) is 0 Å². The quantitative estimate of drug-likeness (QED) is 0.878. The third kappa shape index (κ3) is 4.58. The summed E-state index contributed by atoms with van der Waals surface area (Å²) in [6.45, 7) is 6.97. The average Bonchev–Trinajstić information content (AvgIpc) is 2.49. The first kappa shape index (κ1) is 16.5. The fourth-order valence-corrected chi connectivity index (χ4v) is 2.75. The molecule has 2 atom stereocenters. The van der Waals surface area contributed by atoms with E-state index >= 15 is 0 Å². The number of hydrogen-bond donors (Lipinski definition) is 2. The zero-order chi connectivity index (χ0) is 16.1. The van der Waals surface area contributed by atoms with Crippen molar-refractivity contribution in [1.82, 2.24) is 10.6 Å². The van der Waals surface area contributed by atoms with Gasteiger partial charge in [0.15, 0.2) is 0 Å². The number of carbonyl (C=O) groups excluding carboxylic acids is 2. The van der Waals surface area contributed by atoms with Crippen LogP contribution >= 0.6 is 0 Å². The summed E-state index contributed by atoms with van der Waals surface area (Å²) in [7, 11) is 0. The van der Waals surface area contributed by atoms with Crippen molar-refractivity contribution < 1.29 is 9.59 Å². The van der Waals surface area contributed by atoms with E-state index in [0.29, 0.717) is 25.3 Å². The minimum Gasteiger partial charge on any atom is -0.354 e. The minimum absolute atomic E-state index is 0.0570. The maximum absolute atomic E-state index is 12.1. The normalized spacial score (nSPS) is 19.6. The predicted molar refractivity (Wildman–Crippen MR) is 87.7 cm³/mol. The van der Waals surface area contributed by atoms with Crippen molar-refractivity contribution in [2.75, 3.05) is 6.54 Å². The van der Waals surface area contributed by atoms with Crippen LogP contribution in [0.3, 0.4) is 0 Å². The highest BCUT2D eigenvalue weighted by Gasteiger charge is 2.20. The molecule has 0 spiro atoms. The van der Waals surface area contributed by atoms with E-state index in [1.54, 1.807) is 0 Å². The predicted octanol–water partition coefficient (Wildman–Crippen LogP) is 2.70. The molecular formula is C18H26N2O2. The van der Waals surface area contributed by atoms with Crippen LogP contribution in [0.2, 0.25) is 0 Å². The number of piperidine rings is 1. The molecule has 1 heterocycles. The summed E-state index contributed by atoms with van der Waals surface area (Å²) in [4.78, 5) is 23.2. The molecule has 2 rings (SSSR count). The summed E-state index contributed by atoms with van der Waals surface area (Å²) >= 11 is 0. The summed E-state index contributed by atoms with van der Waals surface area (Å²) in [5.74, 6) is 0.847. The average molecular weight is 302 g/mol. The third-order valence-corrected chi connectivity index (χ3v) is 4.29. The van der Waals surface area contributed by atoms with E-state index < -0.39 is 0 Å². The molecule has 120 valence electrons. The highest BCUT2D eigenvalue weighted by molar-refractivity contribution is 5.79. The van der Waals surface area contributed by atoms with Gasteiger partial charge in [0, 0.05) is 25.4 Å². The van der Waals surface area contributed by atoms with Gasteiger partial charge >= 0.3 is 0 Å². The summed E-state index contributed by atoms with van der Waals surface area (Å²) in [5, 5.41) is 5.80. The zero-order valence-electron chi connectivity index (χ0n) is 13.7. The molecule has 1 aliphatic rings. The maximum Gasteiger partial charge on any atom is 0.220 e. The molecule has 2 N–H and O–H groups in total. The van der Waals surface area contributed by atoms with E-state index in [9.17, 15) is 9.59 Å². The summed E-state index contributed by atoms with van der Waals surface area (Å²) in [6.07, 6.45) is 1.71. The molecule has 1 aliphatic heterocycles. The molecule has 0 radical (unpaired) electrons. The second-order valence-electron chi connectivity index (χ2n) is 6.53. The number of hydrogen-bond acceptors (Lipinski definition) is 2. The van der Waals surface area contributed by atoms with Gasteiger partial charge in [-0.2, -0.15) is 0 Å². The summed E-state index contributed by atoms with van der Waals surface area (Å²) in [6, 6.07) is 8.60. The molecule has 0 aliphatic carbocycles. The number of nitrogens with one attached hydrogen (secondary N) is 2. The van der Waals surface area contributed by atoms with E-state index in [0.717, 1.165) is 6.42 Å². The van der Waals surface area contributed by atoms with Gasteiger partial charge in [-0.05, 0) is 29.4 Å². The monoisotopic (exact) mass is 302 g/mol. The highest BCUT2D eigenvalue weighted by atomic mass is 16.2. The molecule has 0 saturated carbocycles. The Kier molecular flexibility index (Phi) is 5.58. The van der Waals surface area contributed by atoms with Crippen LogP contribution in [-0.2, 0) is 9.59 Å². The molecule has 1 fully saturated rings. The smallest absolute Gasteiger partial charge is 0.220 e. The summed E-state index contributed by atoms with van der Waals surface area (Å²) < 4.78 is 0. The second-order valence-corrected chi connectivity index (χ2v) is 6.53. The molecule has 0 unspecified atom stereocenters. The zero-order valence-corrected chi connectivity index (χ0v) is 13.7. The summed E-state index contributed by atoms with van der Waals surface area (Å²) in [5.41, 5.74) is 2.51. The first-order valence-corrected chi connectivity index (χ1v) is 8.11. The van der Waals surface area contributed by atoms with Gasteiger partial charge in [-0.15, -0.1) is 0 Å². The topological polar surface area (TPSA) is 58.2 Å². The molecule has 1 saturated heterocycles. The van der Waals surface area contributed by atoms with Gasteiger partial charge in [0.2, 0.25) is 11.8 Å². The Morgan fingerprint density at radius 2 is 1.86 bits per heavy atom. The van der Waals surface area contributed by atoms with Gasteiger partial charge in [-0.1, -0.05) is 45.0 Å². The van der Waals surface area contributed by atoms with E-state index in [4.69, 9.17) is 0 Å². The SMILES string of the molecule is CC(C)c1ccc([C@@H](C)CC(=O)N[C@H]2CCC(=O)NC2)cc1. The van der Waals surface area contributed by atoms with Gasteiger partial charge in [0.1, 0.15) is 0 Å². The van der Waals surface area contributed by atoms with Gasteiger partial charge in [0.25, 0.3) is 0 Å². The lowest BCUT2D eigenvalue weighted by Gasteiger charge is -2.24. The van der Waals surface area contributed by atoms with Crippen LogP contribution in [0, 0.1) is 0 Å². The molecule has 1 aromatic carbocycles. The van der Waals surface area contributed by atoms with Crippen molar-refractivity contribution in [3.8, 4) is 0 Å². The molecule has 0 aromatic heterocycles. The molecule has 1 aromatic rings. The first-order valence-electron chi connectivity index (χ1n) is 8.11. The van der Waals surface area contributed by atoms with Crippen molar-refractivity contribution >= 4 is 11.8 Å². The number of amides is 2. The number of carbonyl (C=O) groups is 2. The second kappa shape index (κ2) is 7.43. The van der Waals surface area contributed by atoms with Gasteiger partial charge in [-0.25, -0.2) is 0 Å². The lowest BCUT2D eigenvalue weighted by Crippen LogP contribution is -2.47. The van der Waals surface area contributed by atoms with E-state index in [1.165, 1.54) is 11.1 Å². The molecule has 4 heteroatoms. The lowest BCUT2D eigenvalue weighted by atomic mass is 9.94. The van der Waals surface area contributed by atoms with Crippen molar-refractivity contribution in [2.45, 2.75) is 57.9 Å². The van der Waals surface area contributed by atoms with Crippen LogP contribution in [-0.4, -0.2) is 24.4 Å². The van der Waals surface area contributed by atoms with E-state index in [2.05, 4.69) is 55.7 Å². The Hall–Kier alpha value is -1.84. The Morgan fingerprint density at radius 1 is 1.23 bits per heavy atom. The highest BCUT2D eigenvalue weighted by Crippen LogP contribution is 2.22. The molecule has 0 bridgehead atoms. The van der Waals surface area contributed by atoms with Crippen LogP contribution in [0.4, 0.5) is 0 Å². The first-order chi connectivity index (χ1) is 10.5. The maximum atomic E-state index is 12.1. The van der Waals surface area contributed by atoms with E-state index in [1.807, 2.05) is 0 Å². The Bertz CT molecular complexity index is 512. The van der Waals surface area contributed by atoms with Crippen LogP contribution in [0.15, 0.2) is 24.3 Å². The molecule has 22 heavy (non-hydrogen) atoms. The number of benzene rings is 1. The number of rotatable bonds is 5. The Labute approximate surface area is 132 Å². The minimum atomic E-state index is 0.0570. The lowest BCUT2D eigenvalue weighted by molar-refractivity contribution is -0.125. The van der Waals surface area contributed by atoms with Gasteiger partial charge in [0.05, 0.1) is 0 Å². The largest absolute Gasteiger partial charge is 0.354 e. The molecular weight excluding hydrogens is 276 g/mol. The fraction of sp³-hybridized carbons (Fsp3) is 0.556. The third-order valence-electron chi connectivity index (χ3n) is 4.29. The standard InChI is InChI=1S/C18H26N2O2/c1-12(2)14-4-6-15(7-5-14)13(3)10-18(22)20-16-8-9-17(21)19-11-16/h4-7,12-13,16H,8-11H2,1-3H3,(H,19,21)(H,20,22)/t13-,16-/m0/s1. The Morgan fingerprint density at radius 3 is 2.41 bits per heavy atom. The Balaban J connectivity index is 1.84. The van der Waals surface area contributed by atoms with Crippen molar-refractivity contribution in [2.24, 2.45) is 0 Å². The van der Waals surface area contributed by atoms with Gasteiger partial charge in [-0.3, -0.25) is 9.59 Å². The van der Waals surface area contributed by atoms with Crippen molar-refractivity contribution in [1.29, 1.82) is 0 Å². The van der Waals surface area contributed by atoms with Crippen molar-refractivity contribution in [3.05, 3.63) is 35.4 Å². The van der Waals surface area contributed by atoms with Gasteiger partial charge < -0.3 is 10.6 Å². The van der Waals surface area contributed by atoms with Crippen LogP contribution in [0.25, 0.3) is 0 Å². The van der Waals surface area contributed by atoms with Crippen molar-refractivity contribution in [3.63, 3.8) is 0 Å². The fourth-order valence-electron chi connectivity index (χ4n) is 2.75. The molecule has 4 nitrogen and oxygen atoms in total.